The molecule has 3 rings (SSSR count). The number of nitrogens with zero attached hydrogens (tertiary/aromatic N) is 2. The normalized spacial score (nSPS) is 17.4. The number of thiocarbonyl (C=S) groups is 1. The van der Waals surface area contributed by atoms with E-state index in [1.165, 1.54) is 0 Å². The van der Waals surface area contributed by atoms with Crippen LogP contribution in [0, 0.1) is 0 Å². The number of fused-ring (bicyclic) bond motifs is 1. The number of likely N-dealkylation sites (tertiary alicyclic amines) is 1. The average molecular weight is 361 g/mol. The third kappa shape index (κ3) is 4.02. The minimum absolute atomic E-state index is 0.00114. The van der Waals surface area contributed by atoms with Gasteiger partial charge in [-0.3, -0.25) is 9.59 Å². The van der Waals surface area contributed by atoms with Crippen molar-refractivity contribution in [2.24, 2.45) is 0 Å². The standard InChI is InChI=1S/C17H19N3O2S2/c1-2-16(23)24-13-9-20(10-13)15(22)6-3-11-7-12-4-5-14(21)19-17(12)18-8-11/h3,6-8,13H,2,4-5,9-10H2,1H3,(H,18,19,21). The van der Waals surface area contributed by atoms with Crippen molar-refractivity contribution in [3.8, 4) is 0 Å². The summed E-state index contributed by atoms with van der Waals surface area (Å²) < 4.78 is 1.01. The largest absolute Gasteiger partial charge is 0.337 e. The van der Waals surface area contributed by atoms with Crippen LogP contribution >= 0.6 is 24.0 Å². The second-order valence-electron chi connectivity index (χ2n) is 5.87. The van der Waals surface area contributed by atoms with Gasteiger partial charge in [-0.2, -0.15) is 0 Å². The molecule has 1 aromatic rings. The molecule has 0 aromatic carbocycles. The number of carbonyl (C=O) groups excluding carboxylic acids is 2. The molecular weight excluding hydrogens is 342 g/mol. The van der Waals surface area contributed by atoms with Crippen molar-refractivity contribution in [3.63, 3.8) is 0 Å². The summed E-state index contributed by atoms with van der Waals surface area (Å²) in [5, 5.41) is 3.19. The third-order valence-electron chi connectivity index (χ3n) is 4.03. The number of hydrogen-bond acceptors (Lipinski definition) is 5. The Labute approximate surface area is 150 Å². The Hall–Kier alpha value is -1.73. The summed E-state index contributed by atoms with van der Waals surface area (Å²) in [6, 6.07) is 1.97. The Morgan fingerprint density at radius 1 is 1.50 bits per heavy atom. The molecule has 0 spiro atoms. The quantitative estimate of drug-likeness (QED) is 0.660. The molecule has 1 saturated heterocycles. The number of pyridine rings is 1. The molecule has 0 bridgehead atoms. The van der Waals surface area contributed by atoms with Crippen molar-refractivity contribution in [1.82, 2.24) is 9.88 Å². The van der Waals surface area contributed by atoms with Gasteiger partial charge < -0.3 is 10.2 Å². The summed E-state index contributed by atoms with van der Waals surface area (Å²) in [7, 11) is 0. The molecular formula is C17H19N3O2S2. The van der Waals surface area contributed by atoms with Crippen LogP contribution in [0.15, 0.2) is 18.3 Å². The van der Waals surface area contributed by atoms with Gasteiger partial charge in [0.2, 0.25) is 11.8 Å². The fraction of sp³-hybridized carbons (Fsp3) is 0.412. The first kappa shape index (κ1) is 17.1. The number of rotatable bonds is 4. The minimum atomic E-state index is 0.00114. The average Bonchev–Trinajstić information content (AvgIpc) is 2.55. The maximum atomic E-state index is 12.2. The molecule has 2 amide bonds. The lowest BCUT2D eigenvalue weighted by molar-refractivity contribution is -0.128. The number of anilines is 1. The van der Waals surface area contributed by atoms with E-state index >= 15 is 0 Å². The van der Waals surface area contributed by atoms with Gasteiger partial charge in [-0.1, -0.05) is 19.1 Å². The maximum Gasteiger partial charge on any atom is 0.246 e. The molecule has 0 aliphatic carbocycles. The maximum absolute atomic E-state index is 12.2. The number of nitrogens with one attached hydrogen (secondary N) is 1. The highest BCUT2D eigenvalue weighted by atomic mass is 32.2. The molecule has 1 fully saturated rings. The van der Waals surface area contributed by atoms with Crippen LogP contribution in [0.4, 0.5) is 5.82 Å². The Bertz CT molecular complexity index is 712. The highest BCUT2D eigenvalue weighted by molar-refractivity contribution is 8.23. The lowest BCUT2D eigenvalue weighted by Gasteiger charge is -2.38. The van der Waals surface area contributed by atoms with Gasteiger partial charge in [0.1, 0.15) is 5.82 Å². The molecule has 2 aliphatic heterocycles. The number of aromatic nitrogens is 1. The molecule has 1 N–H and O–H groups in total. The Balaban J connectivity index is 1.54. The van der Waals surface area contributed by atoms with Crippen LogP contribution in [0.2, 0.25) is 0 Å². The summed E-state index contributed by atoms with van der Waals surface area (Å²) in [6.45, 7) is 3.56. The number of carbonyl (C=O) groups is 2. The first-order valence-electron chi connectivity index (χ1n) is 8.00. The van der Waals surface area contributed by atoms with Crippen molar-refractivity contribution in [1.29, 1.82) is 0 Å². The van der Waals surface area contributed by atoms with Crippen LogP contribution in [0.5, 0.6) is 0 Å². The first-order valence-corrected chi connectivity index (χ1v) is 9.29. The van der Waals surface area contributed by atoms with Crippen molar-refractivity contribution in [2.75, 3.05) is 18.4 Å². The first-order chi connectivity index (χ1) is 11.5. The number of thioether (sulfide) groups is 1. The highest BCUT2D eigenvalue weighted by Crippen LogP contribution is 2.25. The van der Waals surface area contributed by atoms with Crippen LogP contribution in [-0.2, 0) is 16.0 Å². The van der Waals surface area contributed by atoms with Gasteiger partial charge in [-0.15, -0.1) is 11.8 Å². The molecule has 2 aliphatic rings. The molecule has 1 aromatic heterocycles. The lowest BCUT2D eigenvalue weighted by Crippen LogP contribution is -2.51. The molecule has 3 heterocycles. The zero-order valence-electron chi connectivity index (χ0n) is 13.4. The number of amides is 2. The van der Waals surface area contributed by atoms with Gasteiger partial charge in [0.25, 0.3) is 0 Å². The summed E-state index contributed by atoms with van der Waals surface area (Å²) in [5.74, 6) is 0.644. The van der Waals surface area contributed by atoms with E-state index in [1.807, 2.05) is 11.0 Å². The van der Waals surface area contributed by atoms with Crippen molar-refractivity contribution in [2.45, 2.75) is 31.4 Å². The second kappa shape index (κ2) is 7.44. The Morgan fingerprint density at radius 2 is 2.29 bits per heavy atom. The fourth-order valence-electron chi connectivity index (χ4n) is 2.60. The molecule has 126 valence electrons. The van der Waals surface area contributed by atoms with Crippen LogP contribution in [0.1, 0.15) is 30.9 Å². The van der Waals surface area contributed by atoms with Gasteiger partial charge in [-0.25, -0.2) is 4.98 Å². The van der Waals surface area contributed by atoms with E-state index in [1.54, 1.807) is 30.1 Å². The van der Waals surface area contributed by atoms with E-state index in [4.69, 9.17) is 12.2 Å². The molecule has 0 atom stereocenters. The van der Waals surface area contributed by atoms with Crippen LogP contribution in [0.25, 0.3) is 6.08 Å². The van der Waals surface area contributed by atoms with Crippen LogP contribution in [-0.4, -0.2) is 44.2 Å². The van der Waals surface area contributed by atoms with E-state index in [-0.39, 0.29) is 11.8 Å². The topological polar surface area (TPSA) is 62.3 Å². The second-order valence-corrected chi connectivity index (χ2v) is 8.01. The van der Waals surface area contributed by atoms with Gasteiger partial charge in [0, 0.05) is 41.2 Å². The van der Waals surface area contributed by atoms with E-state index < -0.39 is 0 Å². The summed E-state index contributed by atoms with van der Waals surface area (Å²) in [4.78, 5) is 29.6. The third-order valence-corrected chi connectivity index (χ3v) is 5.79. The summed E-state index contributed by atoms with van der Waals surface area (Å²) >= 11 is 6.93. The molecule has 5 nitrogen and oxygen atoms in total. The predicted octanol–water partition coefficient (Wildman–Crippen LogP) is 2.66. The fourth-order valence-corrected chi connectivity index (χ4v) is 4.06. The zero-order valence-corrected chi connectivity index (χ0v) is 15.1. The van der Waals surface area contributed by atoms with E-state index in [0.29, 0.717) is 23.9 Å². The Morgan fingerprint density at radius 3 is 3.04 bits per heavy atom. The summed E-state index contributed by atoms with van der Waals surface area (Å²) in [6.07, 6.45) is 7.10. The Kier molecular flexibility index (Phi) is 5.30. The van der Waals surface area contributed by atoms with Gasteiger partial charge >= 0.3 is 0 Å². The van der Waals surface area contributed by atoms with Gasteiger partial charge in [0.05, 0.1) is 0 Å². The van der Waals surface area contributed by atoms with Crippen LogP contribution < -0.4 is 5.32 Å². The molecule has 0 unspecified atom stereocenters. The van der Waals surface area contributed by atoms with Crippen molar-refractivity contribution < 1.29 is 9.59 Å². The summed E-state index contributed by atoms with van der Waals surface area (Å²) in [5.41, 5.74) is 1.88. The SMILES string of the molecule is CCC(=S)SC1CN(C(=O)C=Cc2cnc3c(c2)CCC(=O)N3)C1. The molecule has 0 radical (unpaired) electrons. The van der Waals surface area contributed by atoms with Gasteiger partial charge in [-0.05, 0) is 36.1 Å². The highest BCUT2D eigenvalue weighted by Gasteiger charge is 2.30. The zero-order chi connectivity index (χ0) is 17.1. The van der Waals surface area contributed by atoms with Gasteiger partial charge in [0.15, 0.2) is 0 Å². The predicted molar refractivity (Wildman–Crippen MR) is 101 cm³/mol. The lowest BCUT2D eigenvalue weighted by atomic mass is 10.0. The monoisotopic (exact) mass is 361 g/mol. The molecule has 24 heavy (non-hydrogen) atoms. The minimum Gasteiger partial charge on any atom is -0.337 e. The van der Waals surface area contributed by atoms with Crippen molar-refractivity contribution >= 4 is 51.9 Å². The van der Waals surface area contributed by atoms with Crippen molar-refractivity contribution in [3.05, 3.63) is 29.5 Å². The van der Waals surface area contributed by atoms with E-state index in [9.17, 15) is 9.59 Å². The molecule has 0 saturated carbocycles. The van der Waals surface area contributed by atoms with E-state index in [0.717, 1.165) is 34.8 Å². The number of aryl methyl sites for hydroxylation is 1. The van der Waals surface area contributed by atoms with Crippen LogP contribution in [0.3, 0.4) is 0 Å². The number of hydrogen-bond donors (Lipinski definition) is 1. The van der Waals surface area contributed by atoms with E-state index in [2.05, 4.69) is 17.2 Å². The smallest absolute Gasteiger partial charge is 0.246 e. The molecule has 7 heteroatoms.